The summed E-state index contributed by atoms with van der Waals surface area (Å²) in [7, 11) is 0. The molecule has 1 spiro atoms. The Balaban J connectivity index is 1.31. The van der Waals surface area contributed by atoms with E-state index in [9.17, 15) is 17.6 Å². The third-order valence-electron chi connectivity index (χ3n) is 6.57. The molecule has 162 valence electrons. The lowest BCUT2D eigenvalue weighted by Crippen LogP contribution is -2.44. The van der Waals surface area contributed by atoms with Crippen molar-refractivity contribution in [2.45, 2.75) is 43.8 Å². The van der Waals surface area contributed by atoms with Gasteiger partial charge in [0.2, 0.25) is 5.13 Å². The highest BCUT2D eigenvalue weighted by Crippen LogP contribution is 2.60. The first-order valence-corrected chi connectivity index (χ1v) is 10.8. The molecule has 3 fully saturated rings. The monoisotopic (exact) mass is 442 g/mol. The Kier molecular flexibility index (Phi) is 4.62. The lowest BCUT2D eigenvalue weighted by molar-refractivity contribution is -0.137. The maximum atomic E-state index is 13.7. The number of alkyl halides is 3. The van der Waals surface area contributed by atoms with E-state index in [1.807, 2.05) is 0 Å². The predicted molar refractivity (Wildman–Crippen MR) is 106 cm³/mol. The van der Waals surface area contributed by atoms with Gasteiger partial charge in [-0.2, -0.15) is 23.0 Å². The molecule has 1 unspecified atom stereocenters. The molecule has 3 heterocycles. The fourth-order valence-electron chi connectivity index (χ4n) is 5.01. The van der Waals surface area contributed by atoms with Crippen molar-refractivity contribution >= 4 is 22.2 Å². The molecule has 2 aromatic rings. The molecule has 1 aliphatic carbocycles. The molecule has 1 saturated carbocycles. The van der Waals surface area contributed by atoms with Gasteiger partial charge in [-0.3, -0.25) is 4.90 Å². The second kappa shape index (κ2) is 6.98. The fourth-order valence-corrected chi connectivity index (χ4v) is 5.49. The number of halogens is 4. The SMILES string of the molecule is Fc1cnc(NOc2ccc(NCC34CCCN3CC3(CC3)C4)c(C(F)(F)F)c2)s1. The zero-order valence-electron chi connectivity index (χ0n) is 16.2. The van der Waals surface area contributed by atoms with Crippen LogP contribution in [0.2, 0.25) is 0 Å². The summed E-state index contributed by atoms with van der Waals surface area (Å²) in [5, 5.41) is 2.70. The topological polar surface area (TPSA) is 49.4 Å². The molecule has 1 aromatic heterocycles. The molecule has 5 nitrogen and oxygen atoms in total. The summed E-state index contributed by atoms with van der Waals surface area (Å²) in [6, 6.07) is 3.79. The van der Waals surface area contributed by atoms with E-state index >= 15 is 0 Å². The summed E-state index contributed by atoms with van der Waals surface area (Å²) >= 11 is 0.702. The van der Waals surface area contributed by atoms with Crippen LogP contribution in [0.3, 0.4) is 0 Å². The molecular weight excluding hydrogens is 420 g/mol. The Hall–Kier alpha value is -2.07. The van der Waals surface area contributed by atoms with E-state index in [1.54, 1.807) is 0 Å². The number of fused-ring (bicyclic) bond motifs is 1. The van der Waals surface area contributed by atoms with Gasteiger partial charge in [0.25, 0.3) is 0 Å². The molecule has 0 bridgehead atoms. The number of aromatic nitrogens is 1. The highest BCUT2D eigenvalue weighted by atomic mass is 32.1. The molecule has 2 N–H and O–H groups in total. The van der Waals surface area contributed by atoms with Crippen LogP contribution in [0.1, 0.15) is 37.7 Å². The van der Waals surface area contributed by atoms with Crippen LogP contribution in [0.5, 0.6) is 5.75 Å². The molecular formula is C20H22F4N4OS. The third-order valence-corrected chi connectivity index (χ3v) is 7.25. The molecule has 0 radical (unpaired) electrons. The molecule has 30 heavy (non-hydrogen) atoms. The highest BCUT2D eigenvalue weighted by molar-refractivity contribution is 7.13. The normalized spacial score (nSPS) is 24.8. The Labute approximate surface area is 175 Å². The summed E-state index contributed by atoms with van der Waals surface area (Å²) in [5.74, 6) is -0.0260. The van der Waals surface area contributed by atoms with Gasteiger partial charge < -0.3 is 10.2 Å². The molecule has 10 heteroatoms. The van der Waals surface area contributed by atoms with Gasteiger partial charge in [-0.05, 0) is 62.3 Å². The smallest absolute Gasteiger partial charge is 0.383 e. The lowest BCUT2D eigenvalue weighted by atomic mass is 9.88. The maximum absolute atomic E-state index is 13.7. The minimum absolute atomic E-state index is 0.0260. The van der Waals surface area contributed by atoms with Crippen molar-refractivity contribution in [1.29, 1.82) is 0 Å². The molecule has 5 rings (SSSR count). The van der Waals surface area contributed by atoms with Crippen molar-refractivity contribution in [2.24, 2.45) is 5.41 Å². The number of hydrogen-bond acceptors (Lipinski definition) is 6. The van der Waals surface area contributed by atoms with E-state index in [2.05, 4.69) is 20.7 Å². The molecule has 0 amide bonds. The van der Waals surface area contributed by atoms with E-state index in [-0.39, 0.29) is 22.1 Å². The van der Waals surface area contributed by atoms with Crippen molar-refractivity contribution in [3.8, 4) is 5.75 Å². The highest BCUT2D eigenvalue weighted by Gasteiger charge is 2.59. The van der Waals surface area contributed by atoms with Crippen molar-refractivity contribution < 1.29 is 22.4 Å². The van der Waals surface area contributed by atoms with Gasteiger partial charge in [-0.25, -0.2) is 4.98 Å². The van der Waals surface area contributed by atoms with Crippen LogP contribution in [-0.4, -0.2) is 35.1 Å². The number of thiazole rings is 1. The minimum Gasteiger partial charge on any atom is -0.383 e. The summed E-state index contributed by atoms with van der Waals surface area (Å²) in [6.07, 6.45) is 2.14. The summed E-state index contributed by atoms with van der Waals surface area (Å²) in [5.41, 5.74) is 2.01. The van der Waals surface area contributed by atoms with E-state index < -0.39 is 16.9 Å². The predicted octanol–water partition coefficient (Wildman–Crippen LogP) is 5.14. The van der Waals surface area contributed by atoms with Gasteiger partial charge in [-0.1, -0.05) is 11.3 Å². The van der Waals surface area contributed by atoms with Gasteiger partial charge in [0.05, 0.1) is 11.8 Å². The number of nitrogens with one attached hydrogen (secondary N) is 2. The maximum Gasteiger partial charge on any atom is 0.418 e. The second-order valence-electron chi connectivity index (χ2n) is 8.66. The number of nitrogens with zero attached hydrogens (tertiary/aromatic N) is 2. The van der Waals surface area contributed by atoms with Crippen LogP contribution < -0.4 is 15.6 Å². The fraction of sp³-hybridized carbons (Fsp3) is 0.550. The first-order chi connectivity index (χ1) is 14.3. The molecule has 1 atom stereocenters. The van der Waals surface area contributed by atoms with Crippen molar-refractivity contribution in [3.05, 3.63) is 35.1 Å². The van der Waals surface area contributed by atoms with Crippen LogP contribution in [-0.2, 0) is 6.18 Å². The van der Waals surface area contributed by atoms with Crippen LogP contribution in [0, 0.1) is 10.5 Å². The number of rotatable bonds is 6. The Morgan fingerprint density at radius 3 is 2.77 bits per heavy atom. The first-order valence-electron chi connectivity index (χ1n) is 10.0. The molecule has 2 aliphatic heterocycles. The summed E-state index contributed by atoms with van der Waals surface area (Å²) in [4.78, 5) is 11.4. The average Bonchev–Trinajstić information content (AvgIpc) is 2.99. The summed E-state index contributed by atoms with van der Waals surface area (Å²) < 4.78 is 54.1. The third kappa shape index (κ3) is 3.71. The van der Waals surface area contributed by atoms with E-state index in [0.29, 0.717) is 23.3 Å². The number of benzene rings is 1. The molecule has 3 aliphatic rings. The largest absolute Gasteiger partial charge is 0.418 e. The van der Waals surface area contributed by atoms with E-state index in [1.165, 1.54) is 25.0 Å². The van der Waals surface area contributed by atoms with Crippen LogP contribution in [0.25, 0.3) is 0 Å². The average molecular weight is 442 g/mol. The van der Waals surface area contributed by atoms with Gasteiger partial charge in [0, 0.05) is 24.3 Å². The van der Waals surface area contributed by atoms with Crippen LogP contribution in [0.15, 0.2) is 24.4 Å². The van der Waals surface area contributed by atoms with Gasteiger partial charge >= 0.3 is 6.18 Å². The second-order valence-corrected chi connectivity index (χ2v) is 9.64. The standard InChI is InChI=1S/C20H22F4N4OS/c21-16-9-25-17(30-16)27-29-13-2-3-15(14(8-13)20(22,23)24)26-11-19-4-1-7-28(19)12-18(10-19)5-6-18/h2-3,8-9,26H,1,4-7,10-12H2,(H,25,27). The van der Waals surface area contributed by atoms with Crippen LogP contribution in [0.4, 0.5) is 28.4 Å². The quantitative estimate of drug-likeness (QED) is 0.479. The summed E-state index contributed by atoms with van der Waals surface area (Å²) in [6.45, 7) is 2.62. The van der Waals surface area contributed by atoms with Gasteiger partial charge in [0.15, 0.2) is 10.9 Å². The number of anilines is 2. The number of hydrogen-bond donors (Lipinski definition) is 2. The Morgan fingerprint density at radius 2 is 2.07 bits per heavy atom. The molecule has 1 aromatic carbocycles. The molecule has 2 saturated heterocycles. The zero-order chi connectivity index (χ0) is 21.0. The first kappa shape index (κ1) is 19.9. The van der Waals surface area contributed by atoms with E-state index in [0.717, 1.165) is 44.6 Å². The Morgan fingerprint density at radius 1 is 1.23 bits per heavy atom. The Bertz CT molecular complexity index is 945. The zero-order valence-corrected chi connectivity index (χ0v) is 17.0. The van der Waals surface area contributed by atoms with Crippen molar-refractivity contribution in [1.82, 2.24) is 9.88 Å². The van der Waals surface area contributed by atoms with E-state index in [4.69, 9.17) is 4.84 Å². The van der Waals surface area contributed by atoms with Gasteiger partial charge in [0.1, 0.15) is 0 Å². The van der Waals surface area contributed by atoms with Gasteiger partial charge in [-0.15, -0.1) is 0 Å². The van der Waals surface area contributed by atoms with Crippen molar-refractivity contribution in [3.63, 3.8) is 0 Å². The van der Waals surface area contributed by atoms with Crippen molar-refractivity contribution in [2.75, 3.05) is 30.4 Å². The minimum atomic E-state index is -4.53. The van der Waals surface area contributed by atoms with Crippen LogP contribution >= 0.6 is 11.3 Å². The lowest BCUT2D eigenvalue weighted by Gasteiger charge is -2.33.